The lowest BCUT2D eigenvalue weighted by Gasteiger charge is -2.03. The van der Waals surface area contributed by atoms with Crippen LogP contribution in [-0.2, 0) is 14.8 Å². The van der Waals surface area contributed by atoms with Gasteiger partial charge in [-0.25, -0.2) is 22.3 Å². The highest BCUT2D eigenvalue weighted by Gasteiger charge is 2.26. The second-order valence-corrected chi connectivity index (χ2v) is 6.49. The van der Waals surface area contributed by atoms with Gasteiger partial charge >= 0.3 is 0 Å². The zero-order chi connectivity index (χ0) is 16.8. The Kier molecular flexibility index (Phi) is 3.50. The smallest absolute Gasteiger partial charge is 0.256 e. The van der Waals surface area contributed by atoms with Crippen molar-refractivity contribution in [3.8, 4) is 0 Å². The Morgan fingerprint density at radius 1 is 1.09 bits per heavy atom. The van der Waals surface area contributed by atoms with Gasteiger partial charge in [-0.1, -0.05) is 0 Å². The number of anilines is 1. The van der Waals surface area contributed by atoms with Crippen LogP contribution in [0.25, 0.3) is 11.6 Å². The van der Waals surface area contributed by atoms with E-state index in [0.717, 1.165) is 6.07 Å². The fourth-order valence-corrected chi connectivity index (χ4v) is 2.80. The molecule has 2 aromatic carbocycles. The Morgan fingerprint density at radius 2 is 1.83 bits per heavy atom. The highest BCUT2D eigenvalue weighted by Crippen LogP contribution is 2.34. The van der Waals surface area contributed by atoms with Gasteiger partial charge in [-0.15, -0.1) is 0 Å². The molecule has 0 saturated heterocycles. The van der Waals surface area contributed by atoms with E-state index in [4.69, 9.17) is 5.14 Å². The molecule has 3 N–H and O–H groups in total. The summed E-state index contributed by atoms with van der Waals surface area (Å²) in [7, 11) is -3.94. The predicted octanol–water partition coefficient (Wildman–Crippen LogP) is 2.10. The molecular formula is C15H10F2N2O3S. The van der Waals surface area contributed by atoms with Crippen molar-refractivity contribution >= 4 is 33.3 Å². The summed E-state index contributed by atoms with van der Waals surface area (Å²) in [6, 6.07) is 6.83. The quantitative estimate of drug-likeness (QED) is 0.823. The Hall–Kier alpha value is -2.58. The summed E-state index contributed by atoms with van der Waals surface area (Å²) in [4.78, 5) is 11.8. The van der Waals surface area contributed by atoms with E-state index in [1.807, 2.05) is 0 Å². The molecular weight excluding hydrogens is 326 g/mol. The van der Waals surface area contributed by atoms with Crippen molar-refractivity contribution in [1.82, 2.24) is 0 Å². The molecule has 1 heterocycles. The first-order chi connectivity index (χ1) is 10.8. The first-order valence-electron chi connectivity index (χ1n) is 6.41. The van der Waals surface area contributed by atoms with Crippen LogP contribution in [0.3, 0.4) is 0 Å². The van der Waals surface area contributed by atoms with Crippen LogP contribution < -0.4 is 10.5 Å². The summed E-state index contributed by atoms with van der Waals surface area (Å²) in [6.07, 6.45) is 1.23. The molecule has 0 bridgehead atoms. The normalized spacial score (nSPS) is 15.6. The molecule has 8 heteroatoms. The summed E-state index contributed by atoms with van der Waals surface area (Å²) in [6.45, 7) is 0. The standard InChI is InChI=1S/C15H10F2N2O3S/c16-9-2-1-8(13(17)6-9)5-12-11-7-10(23(18,21)22)3-4-14(11)19-15(12)20/h1-7H,(H,19,20)(H2,18,21,22)/b12-5+. The molecule has 2 aromatic rings. The number of primary sulfonamides is 1. The van der Waals surface area contributed by atoms with Crippen LogP contribution in [-0.4, -0.2) is 14.3 Å². The molecule has 1 amide bonds. The molecule has 0 atom stereocenters. The number of amides is 1. The molecule has 0 aromatic heterocycles. The van der Waals surface area contributed by atoms with E-state index < -0.39 is 27.6 Å². The van der Waals surface area contributed by atoms with Gasteiger partial charge in [0, 0.05) is 28.5 Å². The maximum Gasteiger partial charge on any atom is 0.256 e. The molecule has 0 aliphatic carbocycles. The van der Waals surface area contributed by atoms with Gasteiger partial charge in [0.2, 0.25) is 10.0 Å². The number of hydrogen-bond acceptors (Lipinski definition) is 3. The van der Waals surface area contributed by atoms with Crippen LogP contribution in [0.4, 0.5) is 14.5 Å². The molecule has 1 aliphatic heterocycles. The van der Waals surface area contributed by atoms with Crippen molar-refractivity contribution in [3.05, 3.63) is 59.2 Å². The van der Waals surface area contributed by atoms with Gasteiger partial charge in [0.15, 0.2) is 0 Å². The molecule has 0 fully saturated rings. The number of carbonyl (C=O) groups excluding carboxylic acids is 1. The number of halogens is 2. The van der Waals surface area contributed by atoms with Crippen LogP contribution in [0.2, 0.25) is 0 Å². The SMILES string of the molecule is NS(=O)(=O)c1ccc2c(c1)/C(=C\c1ccc(F)cc1F)C(=O)N2. The number of sulfonamides is 1. The van der Waals surface area contributed by atoms with Crippen LogP contribution in [0.5, 0.6) is 0 Å². The second-order valence-electron chi connectivity index (χ2n) is 4.93. The third-order valence-electron chi connectivity index (χ3n) is 3.36. The third-order valence-corrected chi connectivity index (χ3v) is 4.28. The largest absolute Gasteiger partial charge is 0.321 e. The minimum atomic E-state index is -3.94. The zero-order valence-electron chi connectivity index (χ0n) is 11.5. The van der Waals surface area contributed by atoms with Crippen molar-refractivity contribution < 1.29 is 22.0 Å². The maximum atomic E-state index is 13.7. The zero-order valence-corrected chi connectivity index (χ0v) is 12.3. The van der Waals surface area contributed by atoms with Gasteiger partial charge in [-0.3, -0.25) is 4.79 Å². The van der Waals surface area contributed by atoms with Crippen LogP contribution >= 0.6 is 0 Å². The Morgan fingerprint density at radius 3 is 2.48 bits per heavy atom. The van der Waals surface area contributed by atoms with Gasteiger partial charge in [0.25, 0.3) is 5.91 Å². The van der Waals surface area contributed by atoms with Gasteiger partial charge in [0.05, 0.1) is 4.90 Å². The lowest BCUT2D eigenvalue weighted by atomic mass is 10.0. The molecule has 0 spiro atoms. The van der Waals surface area contributed by atoms with Crippen LogP contribution in [0, 0.1) is 11.6 Å². The minimum Gasteiger partial charge on any atom is -0.321 e. The maximum absolute atomic E-state index is 13.7. The molecule has 118 valence electrons. The Balaban J connectivity index is 2.16. The van der Waals surface area contributed by atoms with Gasteiger partial charge in [-0.05, 0) is 36.4 Å². The van der Waals surface area contributed by atoms with Crippen LogP contribution in [0.15, 0.2) is 41.3 Å². The first-order valence-corrected chi connectivity index (χ1v) is 7.95. The van der Waals surface area contributed by atoms with Gasteiger partial charge in [0.1, 0.15) is 11.6 Å². The molecule has 0 radical (unpaired) electrons. The number of fused-ring (bicyclic) bond motifs is 1. The first kappa shape index (κ1) is 15.3. The lowest BCUT2D eigenvalue weighted by molar-refractivity contribution is -0.110. The summed E-state index contributed by atoms with van der Waals surface area (Å²) in [5.41, 5.74) is 0.739. The lowest BCUT2D eigenvalue weighted by Crippen LogP contribution is -2.12. The van der Waals surface area contributed by atoms with Crippen molar-refractivity contribution in [3.63, 3.8) is 0 Å². The molecule has 5 nitrogen and oxygen atoms in total. The molecule has 1 aliphatic rings. The van der Waals surface area contributed by atoms with Crippen molar-refractivity contribution in [1.29, 1.82) is 0 Å². The summed E-state index contributed by atoms with van der Waals surface area (Å²) in [5, 5.41) is 7.61. The van der Waals surface area contributed by atoms with E-state index in [-0.39, 0.29) is 21.6 Å². The number of nitrogens with two attached hydrogens (primary N) is 1. The molecule has 0 saturated carbocycles. The summed E-state index contributed by atoms with van der Waals surface area (Å²) < 4.78 is 49.5. The molecule has 0 unspecified atom stereocenters. The predicted molar refractivity (Wildman–Crippen MR) is 80.7 cm³/mol. The fourth-order valence-electron chi connectivity index (χ4n) is 2.26. The minimum absolute atomic E-state index is 0.00501. The average Bonchev–Trinajstić information content (AvgIpc) is 2.76. The molecule has 23 heavy (non-hydrogen) atoms. The molecule has 3 rings (SSSR count). The van der Waals surface area contributed by atoms with Crippen molar-refractivity contribution in [2.24, 2.45) is 5.14 Å². The highest BCUT2D eigenvalue weighted by molar-refractivity contribution is 7.89. The summed E-state index contributed by atoms with van der Waals surface area (Å²) >= 11 is 0. The number of rotatable bonds is 2. The van der Waals surface area contributed by atoms with E-state index in [0.29, 0.717) is 11.8 Å². The Labute approximate surface area is 130 Å². The number of carbonyl (C=O) groups is 1. The van der Waals surface area contributed by atoms with E-state index in [2.05, 4.69) is 5.32 Å². The summed E-state index contributed by atoms with van der Waals surface area (Å²) in [5.74, 6) is -2.09. The highest BCUT2D eigenvalue weighted by atomic mass is 32.2. The monoisotopic (exact) mass is 336 g/mol. The van der Waals surface area contributed by atoms with Crippen LogP contribution in [0.1, 0.15) is 11.1 Å². The average molecular weight is 336 g/mol. The topological polar surface area (TPSA) is 89.3 Å². The second kappa shape index (κ2) is 5.25. The number of benzene rings is 2. The van der Waals surface area contributed by atoms with E-state index in [9.17, 15) is 22.0 Å². The third kappa shape index (κ3) is 2.86. The van der Waals surface area contributed by atoms with E-state index in [1.165, 1.54) is 30.3 Å². The van der Waals surface area contributed by atoms with Gasteiger partial charge < -0.3 is 5.32 Å². The number of nitrogens with one attached hydrogen (secondary N) is 1. The Bertz CT molecular complexity index is 969. The van der Waals surface area contributed by atoms with Gasteiger partial charge in [-0.2, -0.15) is 0 Å². The van der Waals surface area contributed by atoms with E-state index >= 15 is 0 Å². The van der Waals surface area contributed by atoms with Crippen molar-refractivity contribution in [2.75, 3.05) is 5.32 Å². The van der Waals surface area contributed by atoms with E-state index in [1.54, 1.807) is 0 Å². The van der Waals surface area contributed by atoms with Crippen molar-refractivity contribution in [2.45, 2.75) is 4.90 Å². The fraction of sp³-hybridized carbons (Fsp3) is 0. The number of hydrogen-bond donors (Lipinski definition) is 2.